The van der Waals surface area contributed by atoms with Crippen molar-refractivity contribution in [2.75, 3.05) is 23.8 Å². The molecule has 3 nitrogen and oxygen atoms in total. The molecule has 0 radical (unpaired) electrons. The molecule has 1 saturated heterocycles. The van der Waals surface area contributed by atoms with Crippen LogP contribution >= 0.6 is 11.8 Å². The fourth-order valence-electron chi connectivity index (χ4n) is 2.93. The predicted molar refractivity (Wildman–Crippen MR) is 84.8 cm³/mol. The summed E-state index contributed by atoms with van der Waals surface area (Å²) in [5.74, 6) is 3.36. The van der Waals surface area contributed by atoms with Gasteiger partial charge in [0.25, 0.3) is 0 Å². The number of carbonyl (C=O) groups excluding carboxylic acids is 1. The number of anilines is 1. The van der Waals surface area contributed by atoms with Crippen molar-refractivity contribution >= 4 is 23.4 Å². The molecule has 1 aliphatic carbocycles. The standard InChI is InChI=1S/C16H22N2OS/c17-14-3-1-13(2-4-14)16(7-8-16)15(19)18-11-12-5-9-20-10-6-12/h1-4,12H,5-11,17H2,(H,18,19). The average molecular weight is 290 g/mol. The van der Waals surface area contributed by atoms with Gasteiger partial charge in [0, 0.05) is 12.2 Å². The lowest BCUT2D eigenvalue weighted by molar-refractivity contribution is -0.123. The van der Waals surface area contributed by atoms with Crippen LogP contribution < -0.4 is 11.1 Å². The van der Waals surface area contributed by atoms with Gasteiger partial charge in [-0.05, 0) is 60.8 Å². The van der Waals surface area contributed by atoms with Crippen LogP contribution in [0, 0.1) is 5.92 Å². The molecule has 0 bridgehead atoms. The molecule has 2 fully saturated rings. The zero-order valence-electron chi connectivity index (χ0n) is 11.7. The van der Waals surface area contributed by atoms with Crippen LogP contribution in [0.25, 0.3) is 0 Å². The van der Waals surface area contributed by atoms with Gasteiger partial charge in [-0.2, -0.15) is 11.8 Å². The second kappa shape index (κ2) is 5.68. The van der Waals surface area contributed by atoms with E-state index in [4.69, 9.17) is 5.73 Å². The molecule has 3 rings (SSSR count). The van der Waals surface area contributed by atoms with Crippen molar-refractivity contribution in [3.63, 3.8) is 0 Å². The van der Waals surface area contributed by atoms with E-state index in [2.05, 4.69) is 5.32 Å². The van der Waals surface area contributed by atoms with Gasteiger partial charge in [0.05, 0.1) is 5.41 Å². The van der Waals surface area contributed by atoms with Crippen molar-refractivity contribution in [2.45, 2.75) is 31.1 Å². The van der Waals surface area contributed by atoms with Crippen molar-refractivity contribution in [1.82, 2.24) is 5.32 Å². The number of nitrogens with one attached hydrogen (secondary N) is 1. The van der Waals surface area contributed by atoms with Crippen molar-refractivity contribution in [1.29, 1.82) is 0 Å². The van der Waals surface area contributed by atoms with Crippen LogP contribution in [-0.4, -0.2) is 24.0 Å². The van der Waals surface area contributed by atoms with Crippen LogP contribution in [0.5, 0.6) is 0 Å². The van der Waals surface area contributed by atoms with Crippen LogP contribution in [-0.2, 0) is 10.2 Å². The van der Waals surface area contributed by atoms with Crippen LogP contribution in [0.2, 0.25) is 0 Å². The van der Waals surface area contributed by atoms with E-state index in [1.54, 1.807) is 0 Å². The van der Waals surface area contributed by atoms with E-state index in [-0.39, 0.29) is 11.3 Å². The molecule has 1 amide bonds. The van der Waals surface area contributed by atoms with Gasteiger partial charge in [0.2, 0.25) is 5.91 Å². The summed E-state index contributed by atoms with van der Waals surface area (Å²) < 4.78 is 0. The first-order chi connectivity index (χ1) is 9.71. The number of rotatable bonds is 4. The summed E-state index contributed by atoms with van der Waals surface area (Å²) in [6.07, 6.45) is 4.40. The maximum absolute atomic E-state index is 12.5. The molecule has 20 heavy (non-hydrogen) atoms. The third kappa shape index (κ3) is 2.80. The Morgan fingerprint density at radius 3 is 2.50 bits per heavy atom. The second-order valence-electron chi connectivity index (χ2n) is 5.97. The normalized spacial score (nSPS) is 21.4. The van der Waals surface area contributed by atoms with E-state index in [0.29, 0.717) is 5.92 Å². The number of nitrogen functional groups attached to an aromatic ring is 1. The Kier molecular flexibility index (Phi) is 3.92. The fraction of sp³-hybridized carbons (Fsp3) is 0.562. The molecule has 4 heteroatoms. The van der Waals surface area contributed by atoms with E-state index in [0.717, 1.165) is 30.6 Å². The van der Waals surface area contributed by atoms with Gasteiger partial charge in [-0.25, -0.2) is 0 Å². The largest absolute Gasteiger partial charge is 0.399 e. The highest BCUT2D eigenvalue weighted by atomic mass is 32.2. The zero-order chi connectivity index (χ0) is 14.0. The summed E-state index contributed by atoms with van der Waals surface area (Å²) >= 11 is 2.02. The predicted octanol–water partition coefficient (Wildman–Crippen LogP) is 2.56. The van der Waals surface area contributed by atoms with E-state index < -0.39 is 0 Å². The number of hydrogen-bond acceptors (Lipinski definition) is 3. The van der Waals surface area contributed by atoms with Crippen LogP contribution in [0.3, 0.4) is 0 Å². The first-order valence-electron chi connectivity index (χ1n) is 7.43. The smallest absolute Gasteiger partial charge is 0.230 e. The third-order valence-corrected chi connectivity index (χ3v) is 5.59. The lowest BCUT2D eigenvalue weighted by Crippen LogP contribution is -2.38. The van der Waals surface area contributed by atoms with E-state index in [1.807, 2.05) is 36.0 Å². The Bertz CT molecular complexity index is 476. The number of nitrogens with two attached hydrogens (primary N) is 1. The molecule has 1 heterocycles. The summed E-state index contributed by atoms with van der Waals surface area (Å²) in [6, 6.07) is 7.78. The summed E-state index contributed by atoms with van der Waals surface area (Å²) in [5, 5.41) is 3.19. The Morgan fingerprint density at radius 1 is 1.25 bits per heavy atom. The average Bonchev–Trinajstić information content (AvgIpc) is 3.28. The highest BCUT2D eigenvalue weighted by Crippen LogP contribution is 2.48. The number of benzene rings is 1. The Hall–Kier alpha value is -1.16. The fourth-order valence-corrected chi connectivity index (χ4v) is 4.13. The molecule has 1 aliphatic heterocycles. The van der Waals surface area contributed by atoms with Crippen molar-refractivity contribution in [3.05, 3.63) is 29.8 Å². The van der Waals surface area contributed by atoms with Crippen LogP contribution in [0.1, 0.15) is 31.2 Å². The molecule has 0 unspecified atom stereocenters. The topological polar surface area (TPSA) is 55.1 Å². The summed E-state index contributed by atoms with van der Waals surface area (Å²) in [6.45, 7) is 0.843. The van der Waals surface area contributed by atoms with Gasteiger partial charge in [-0.1, -0.05) is 12.1 Å². The third-order valence-electron chi connectivity index (χ3n) is 4.54. The number of hydrogen-bond donors (Lipinski definition) is 2. The lowest BCUT2D eigenvalue weighted by atomic mass is 9.94. The van der Waals surface area contributed by atoms with E-state index in [1.165, 1.54) is 24.3 Å². The Labute approximate surface area is 124 Å². The monoisotopic (exact) mass is 290 g/mol. The maximum atomic E-state index is 12.5. The molecule has 0 aromatic heterocycles. The van der Waals surface area contributed by atoms with Gasteiger partial charge in [-0.3, -0.25) is 4.79 Å². The Balaban J connectivity index is 1.60. The first-order valence-corrected chi connectivity index (χ1v) is 8.58. The molecule has 2 aliphatic rings. The van der Waals surface area contributed by atoms with Gasteiger partial charge in [-0.15, -0.1) is 0 Å². The minimum atomic E-state index is -0.267. The maximum Gasteiger partial charge on any atom is 0.230 e. The molecular weight excluding hydrogens is 268 g/mol. The van der Waals surface area contributed by atoms with Crippen LogP contribution in [0.4, 0.5) is 5.69 Å². The zero-order valence-corrected chi connectivity index (χ0v) is 12.5. The first kappa shape index (κ1) is 13.8. The number of carbonyl (C=O) groups is 1. The molecule has 0 atom stereocenters. The minimum Gasteiger partial charge on any atom is -0.399 e. The van der Waals surface area contributed by atoms with Crippen molar-refractivity contribution in [3.8, 4) is 0 Å². The summed E-state index contributed by atoms with van der Waals surface area (Å²) in [7, 11) is 0. The lowest BCUT2D eigenvalue weighted by Gasteiger charge is -2.23. The Morgan fingerprint density at radius 2 is 1.90 bits per heavy atom. The van der Waals surface area contributed by atoms with Gasteiger partial charge in [0.15, 0.2) is 0 Å². The van der Waals surface area contributed by atoms with E-state index >= 15 is 0 Å². The molecule has 108 valence electrons. The molecule has 0 spiro atoms. The second-order valence-corrected chi connectivity index (χ2v) is 7.19. The highest BCUT2D eigenvalue weighted by molar-refractivity contribution is 7.99. The quantitative estimate of drug-likeness (QED) is 0.838. The van der Waals surface area contributed by atoms with Gasteiger partial charge in [0.1, 0.15) is 0 Å². The van der Waals surface area contributed by atoms with Crippen molar-refractivity contribution < 1.29 is 4.79 Å². The molecule has 3 N–H and O–H groups in total. The summed E-state index contributed by atoms with van der Waals surface area (Å²) in [5.41, 5.74) is 7.32. The summed E-state index contributed by atoms with van der Waals surface area (Å²) in [4.78, 5) is 12.5. The van der Waals surface area contributed by atoms with Gasteiger partial charge >= 0.3 is 0 Å². The number of thioether (sulfide) groups is 1. The highest BCUT2D eigenvalue weighted by Gasteiger charge is 2.51. The molecule has 1 aromatic carbocycles. The minimum absolute atomic E-state index is 0.209. The number of amides is 1. The molecular formula is C16H22N2OS. The molecule has 1 aromatic rings. The van der Waals surface area contributed by atoms with E-state index in [9.17, 15) is 4.79 Å². The molecule has 1 saturated carbocycles. The SMILES string of the molecule is Nc1ccc(C2(C(=O)NCC3CCSCC3)CC2)cc1. The van der Waals surface area contributed by atoms with Gasteiger partial charge < -0.3 is 11.1 Å². The van der Waals surface area contributed by atoms with Crippen LogP contribution in [0.15, 0.2) is 24.3 Å². The van der Waals surface area contributed by atoms with Crippen molar-refractivity contribution in [2.24, 2.45) is 5.92 Å².